The van der Waals surface area contributed by atoms with Gasteiger partial charge in [0.2, 0.25) is 0 Å². The Balaban J connectivity index is 2.05. The van der Waals surface area contributed by atoms with Crippen LogP contribution in [0.25, 0.3) is 0 Å². The maximum absolute atomic E-state index is 5.54. The van der Waals surface area contributed by atoms with E-state index in [9.17, 15) is 0 Å². The summed E-state index contributed by atoms with van der Waals surface area (Å²) in [6.45, 7) is 0. The van der Waals surface area contributed by atoms with E-state index in [1.54, 1.807) is 14.2 Å². The summed E-state index contributed by atoms with van der Waals surface area (Å²) in [4.78, 5) is 4.13. The SMILES string of the molecule is COc1ccc(CCc2nsc(N)n2)cc1OC. The molecule has 2 aromatic rings. The monoisotopic (exact) mass is 265 g/mol. The molecule has 0 saturated carbocycles. The van der Waals surface area contributed by atoms with Crippen molar-refractivity contribution in [1.82, 2.24) is 9.36 Å². The molecule has 0 atom stereocenters. The van der Waals surface area contributed by atoms with Gasteiger partial charge in [-0.3, -0.25) is 0 Å². The molecule has 18 heavy (non-hydrogen) atoms. The lowest BCUT2D eigenvalue weighted by Crippen LogP contribution is -1.96. The fourth-order valence-corrected chi connectivity index (χ4v) is 2.14. The molecule has 1 aromatic heterocycles. The molecule has 1 heterocycles. The molecule has 0 fully saturated rings. The molecule has 1 aromatic carbocycles. The van der Waals surface area contributed by atoms with E-state index in [1.165, 1.54) is 11.5 Å². The van der Waals surface area contributed by atoms with Gasteiger partial charge in [-0.2, -0.15) is 4.37 Å². The molecule has 0 amide bonds. The van der Waals surface area contributed by atoms with Crippen LogP contribution in [0.3, 0.4) is 0 Å². The van der Waals surface area contributed by atoms with Gasteiger partial charge in [0.25, 0.3) is 0 Å². The number of aromatic nitrogens is 2. The number of rotatable bonds is 5. The first-order valence-corrected chi connectivity index (χ1v) is 6.29. The molecule has 0 unspecified atom stereocenters. The summed E-state index contributed by atoms with van der Waals surface area (Å²) in [6.07, 6.45) is 1.61. The van der Waals surface area contributed by atoms with Crippen LogP contribution in [0.2, 0.25) is 0 Å². The summed E-state index contributed by atoms with van der Waals surface area (Å²) in [5.74, 6) is 2.25. The third-order valence-electron chi connectivity index (χ3n) is 2.57. The van der Waals surface area contributed by atoms with Crippen molar-refractivity contribution in [2.75, 3.05) is 20.0 Å². The molecule has 6 heteroatoms. The van der Waals surface area contributed by atoms with Gasteiger partial charge in [-0.25, -0.2) is 4.98 Å². The van der Waals surface area contributed by atoms with Crippen LogP contribution in [-0.4, -0.2) is 23.6 Å². The number of nitrogen functional groups attached to an aromatic ring is 1. The molecule has 0 bridgehead atoms. The third-order valence-corrected chi connectivity index (χ3v) is 3.15. The van der Waals surface area contributed by atoms with Crippen LogP contribution in [0.5, 0.6) is 11.5 Å². The molecule has 0 aliphatic rings. The minimum Gasteiger partial charge on any atom is -0.493 e. The standard InChI is InChI=1S/C12H15N3O2S/c1-16-9-5-3-8(7-10(9)17-2)4-6-11-14-12(13)18-15-11/h3,5,7H,4,6H2,1-2H3,(H2,13,14,15). The van der Waals surface area contributed by atoms with Gasteiger partial charge < -0.3 is 15.2 Å². The van der Waals surface area contributed by atoms with Crippen LogP contribution in [0.4, 0.5) is 5.13 Å². The largest absolute Gasteiger partial charge is 0.493 e. The number of nitrogens with zero attached hydrogens (tertiary/aromatic N) is 2. The van der Waals surface area contributed by atoms with Crippen LogP contribution in [0.1, 0.15) is 11.4 Å². The topological polar surface area (TPSA) is 70.3 Å². The lowest BCUT2D eigenvalue weighted by atomic mass is 10.1. The fourth-order valence-electron chi connectivity index (χ4n) is 1.66. The van der Waals surface area contributed by atoms with Gasteiger partial charge >= 0.3 is 0 Å². The molecule has 0 radical (unpaired) electrons. The number of benzene rings is 1. The van der Waals surface area contributed by atoms with E-state index >= 15 is 0 Å². The predicted molar refractivity (Wildman–Crippen MR) is 71.3 cm³/mol. The average molecular weight is 265 g/mol. The van der Waals surface area contributed by atoms with Crippen molar-refractivity contribution in [1.29, 1.82) is 0 Å². The van der Waals surface area contributed by atoms with Crippen molar-refractivity contribution in [3.05, 3.63) is 29.6 Å². The van der Waals surface area contributed by atoms with Crippen LogP contribution in [-0.2, 0) is 12.8 Å². The second-order valence-electron chi connectivity index (χ2n) is 3.74. The molecular formula is C12H15N3O2S. The van der Waals surface area contributed by atoms with Crippen molar-refractivity contribution in [2.24, 2.45) is 0 Å². The second-order valence-corrected chi connectivity index (χ2v) is 4.52. The first kappa shape index (κ1) is 12.6. The van der Waals surface area contributed by atoms with E-state index < -0.39 is 0 Å². The predicted octanol–water partition coefficient (Wildman–Crippen LogP) is 1.92. The van der Waals surface area contributed by atoms with Crippen LogP contribution >= 0.6 is 11.5 Å². The quantitative estimate of drug-likeness (QED) is 0.894. The number of anilines is 1. The minimum atomic E-state index is 0.511. The summed E-state index contributed by atoms with van der Waals surface area (Å²) in [5, 5.41) is 0.511. The van der Waals surface area contributed by atoms with Crippen LogP contribution < -0.4 is 15.2 Å². The Morgan fingerprint density at radius 1 is 1.17 bits per heavy atom. The van der Waals surface area contributed by atoms with Crippen molar-refractivity contribution in [2.45, 2.75) is 12.8 Å². The number of aryl methyl sites for hydroxylation is 2. The van der Waals surface area contributed by atoms with Crippen molar-refractivity contribution >= 4 is 16.7 Å². The zero-order valence-electron chi connectivity index (χ0n) is 10.3. The van der Waals surface area contributed by atoms with Crippen LogP contribution in [0.15, 0.2) is 18.2 Å². The molecule has 2 rings (SSSR count). The van der Waals surface area contributed by atoms with Gasteiger partial charge in [0.05, 0.1) is 14.2 Å². The Hall–Kier alpha value is -1.82. The second kappa shape index (κ2) is 5.68. The Morgan fingerprint density at radius 2 is 1.94 bits per heavy atom. The third kappa shape index (κ3) is 2.89. The summed E-state index contributed by atoms with van der Waals surface area (Å²) in [7, 11) is 3.25. The van der Waals surface area contributed by atoms with E-state index in [4.69, 9.17) is 15.2 Å². The first-order chi connectivity index (χ1) is 8.72. The maximum Gasteiger partial charge on any atom is 0.199 e. The number of nitrogens with two attached hydrogens (primary N) is 1. The van der Waals surface area contributed by atoms with Gasteiger partial charge in [-0.15, -0.1) is 0 Å². The van der Waals surface area contributed by atoms with E-state index in [1.807, 2.05) is 18.2 Å². The number of methoxy groups -OCH3 is 2. The molecule has 0 spiro atoms. The van der Waals surface area contributed by atoms with Gasteiger partial charge in [-0.05, 0) is 24.1 Å². The molecule has 0 aliphatic carbocycles. The van der Waals surface area contributed by atoms with E-state index in [0.29, 0.717) is 5.13 Å². The molecular weight excluding hydrogens is 250 g/mol. The molecule has 5 nitrogen and oxygen atoms in total. The zero-order valence-corrected chi connectivity index (χ0v) is 11.2. The van der Waals surface area contributed by atoms with E-state index in [2.05, 4.69) is 9.36 Å². The fraction of sp³-hybridized carbons (Fsp3) is 0.333. The summed E-state index contributed by atoms with van der Waals surface area (Å²) in [6, 6.07) is 5.88. The minimum absolute atomic E-state index is 0.511. The highest BCUT2D eigenvalue weighted by Crippen LogP contribution is 2.27. The van der Waals surface area contributed by atoms with E-state index in [-0.39, 0.29) is 0 Å². The molecule has 0 saturated heterocycles. The Kier molecular flexibility index (Phi) is 3.99. The normalized spacial score (nSPS) is 10.3. The molecule has 2 N–H and O–H groups in total. The molecule has 96 valence electrons. The number of ether oxygens (including phenoxy) is 2. The van der Waals surface area contributed by atoms with Crippen molar-refractivity contribution in [3.63, 3.8) is 0 Å². The van der Waals surface area contributed by atoms with Gasteiger partial charge in [0.15, 0.2) is 16.6 Å². The van der Waals surface area contributed by atoms with Gasteiger partial charge in [0.1, 0.15) is 5.82 Å². The van der Waals surface area contributed by atoms with Crippen molar-refractivity contribution < 1.29 is 9.47 Å². The Morgan fingerprint density at radius 3 is 2.56 bits per heavy atom. The van der Waals surface area contributed by atoms with Crippen LogP contribution in [0, 0.1) is 0 Å². The zero-order chi connectivity index (χ0) is 13.0. The highest BCUT2D eigenvalue weighted by atomic mass is 32.1. The lowest BCUT2D eigenvalue weighted by Gasteiger charge is -2.08. The first-order valence-electron chi connectivity index (χ1n) is 5.52. The summed E-state index contributed by atoms with van der Waals surface area (Å²) < 4.78 is 14.6. The van der Waals surface area contributed by atoms with Gasteiger partial charge in [-0.1, -0.05) is 6.07 Å². The smallest absolute Gasteiger partial charge is 0.199 e. The average Bonchev–Trinajstić information content (AvgIpc) is 2.81. The lowest BCUT2D eigenvalue weighted by molar-refractivity contribution is 0.354. The highest BCUT2D eigenvalue weighted by molar-refractivity contribution is 7.09. The maximum atomic E-state index is 5.54. The number of hydrogen-bond donors (Lipinski definition) is 1. The molecule has 0 aliphatic heterocycles. The highest BCUT2D eigenvalue weighted by Gasteiger charge is 2.06. The van der Waals surface area contributed by atoms with Gasteiger partial charge in [0, 0.05) is 18.0 Å². The van der Waals surface area contributed by atoms with E-state index in [0.717, 1.165) is 35.7 Å². The Labute approximate surface area is 110 Å². The summed E-state index contributed by atoms with van der Waals surface area (Å²) in [5.41, 5.74) is 6.69. The number of hydrogen-bond acceptors (Lipinski definition) is 6. The summed E-state index contributed by atoms with van der Waals surface area (Å²) >= 11 is 1.23. The Bertz CT molecular complexity index is 528. The van der Waals surface area contributed by atoms with Crippen molar-refractivity contribution in [3.8, 4) is 11.5 Å².